The minimum absolute atomic E-state index is 0.173. The number of carboxylic acids is 1. The van der Waals surface area contributed by atoms with E-state index in [4.69, 9.17) is 14.4 Å². The SMILES string of the molecule is COC(C)c1noc(-c2cccc(C(=O)O)c2)n1. The number of benzene rings is 1. The number of aromatic nitrogens is 2. The first-order valence-corrected chi connectivity index (χ1v) is 5.32. The molecule has 1 atom stereocenters. The van der Waals surface area contributed by atoms with Gasteiger partial charge in [-0.1, -0.05) is 11.2 Å². The van der Waals surface area contributed by atoms with Gasteiger partial charge in [0.05, 0.1) is 5.56 Å². The first-order chi connectivity index (χ1) is 8.61. The Bertz CT molecular complexity index is 565. The van der Waals surface area contributed by atoms with E-state index in [0.29, 0.717) is 11.4 Å². The summed E-state index contributed by atoms with van der Waals surface area (Å²) in [5, 5.41) is 12.7. The monoisotopic (exact) mass is 248 g/mol. The molecule has 0 spiro atoms. The highest BCUT2D eigenvalue weighted by Gasteiger charge is 2.15. The van der Waals surface area contributed by atoms with Crippen molar-refractivity contribution in [3.63, 3.8) is 0 Å². The third-order valence-electron chi connectivity index (χ3n) is 2.52. The van der Waals surface area contributed by atoms with Crippen LogP contribution in [0.3, 0.4) is 0 Å². The zero-order chi connectivity index (χ0) is 13.1. The quantitative estimate of drug-likeness (QED) is 0.892. The van der Waals surface area contributed by atoms with Gasteiger partial charge in [0, 0.05) is 12.7 Å². The summed E-state index contributed by atoms with van der Waals surface area (Å²) in [6, 6.07) is 6.32. The second-order valence-corrected chi connectivity index (χ2v) is 3.72. The molecule has 0 amide bonds. The Morgan fingerprint density at radius 2 is 2.28 bits per heavy atom. The molecule has 1 N–H and O–H groups in total. The van der Waals surface area contributed by atoms with E-state index in [1.807, 2.05) is 0 Å². The summed E-state index contributed by atoms with van der Waals surface area (Å²) in [5.41, 5.74) is 0.740. The van der Waals surface area contributed by atoms with Gasteiger partial charge in [-0.05, 0) is 25.1 Å². The van der Waals surface area contributed by atoms with Crippen molar-refractivity contribution < 1.29 is 19.2 Å². The molecule has 6 heteroatoms. The lowest BCUT2D eigenvalue weighted by atomic mass is 10.1. The highest BCUT2D eigenvalue weighted by Crippen LogP contribution is 2.21. The Balaban J connectivity index is 2.34. The molecule has 1 unspecified atom stereocenters. The zero-order valence-corrected chi connectivity index (χ0v) is 9.95. The molecule has 0 aliphatic heterocycles. The highest BCUT2D eigenvalue weighted by atomic mass is 16.5. The maximum atomic E-state index is 10.9. The molecule has 1 aromatic carbocycles. The number of aromatic carboxylic acids is 1. The summed E-state index contributed by atoms with van der Waals surface area (Å²) in [7, 11) is 1.55. The van der Waals surface area contributed by atoms with E-state index < -0.39 is 5.97 Å². The maximum absolute atomic E-state index is 10.9. The number of carboxylic acid groups (broad SMARTS) is 1. The number of rotatable bonds is 4. The van der Waals surface area contributed by atoms with Gasteiger partial charge in [0.1, 0.15) is 6.10 Å². The van der Waals surface area contributed by atoms with Gasteiger partial charge in [0.15, 0.2) is 0 Å². The fraction of sp³-hybridized carbons (Fsp3) is 0.250. The van der Waals surface area contributed by atoms with Crippen molar-refractivity contribution in [1.82, 2.24) is 10.1 Å². The predicted octanol–water partition coefficient (Wildman–Crippen LogP) is 2.14. The van der Waals surface area contributed by atoms with Crippen molar-refractivity contribution in [2.24, 2.45) is 0 Å². The molecular weight excluding hydrogens is 236 g/mol. The highest BCUT2D eigenvalue weighted by molar-refractivity contribution is 5.88. The smallest absolute Gasteiger partial charge is 0.335 e. The Hall–Kier alpha value is -2.21. The molecule has 1 heterocycles. The topological polar surface area (TPSA) is 85.5 Å². The molecule has 0 bridgehead atoms. The van der Waals surface area contributed by atoms with Gasteiger partial charge in [-0.25, -0.2) is 4.79 Å². The van der Waals surface area contributed by atoms with Gasteiger partial charge in [-0.3, -0.25) is 0 Å². The number of ether oxygens (including phenoxy) is 1. The molecule has 6 nitrogen and oxygen atoms in total. The molecule has 0 aliphatic rings. The zero-order valence-electron chi connectivity index (χ0n) is 9.95. The Labute approximate surface area is 103 Å². The van der Waals surface area contributed by atoms with Crippen LogP contribution in [0.25, 0.3) is 11.5 Å². The van der Waals surface area contributed by atoms with Crippen LogP contribution in [0.2, 0.25) is 0 Å². The summed E-state index contributed by atoms with van der Waals surface area (Å²) >= 11 is 0. The van der Waals surface area contributed by atoms with Gasteiger partial charge >= 0.3 is 5.97 Å². The maximum Gasteiger partial charge on any atom is 0.335 e. The van der Waals surface area contributed by atoms with E-state index in [-0.39, 0.29) is 17.6 Å². The lowest BCUT2D eigenvalue weighted by Crippen LogP contribution is -1.98. The van der Waals surface area contributed by atoms with Crippen molar-refractivity contribution in [2.45, 2.75) is 13.0 Å². The van der Waals surface area contributed by atoms with Crippen molar-refractivity contribution in [3.05, 3.63) is 35.7 Å². The van der Waals surface area contributed by atoms with Gasteiger partial charge in [0.25, 0.3) is 5.89 Å². The lowest BCUT2D eigenvalue weighted by molar-refractivity contribution is 0.0697. The fourth-order valence-electron chi connectivity index (χ4n) is 1.41. The minimum atomic E-state index is -0.998. The molecule has 0 saturated heterocycles. The van der Waals surface area contributed by atoms with Crippen LogP contribution in [0.5, 0.6) is 0 Å². The van der Waals surface area contributed by atoms with Crippen molar-refractivity contribution in [1.29, 1.82) is 0 Å². The van der Waals surface area contributed by atoms with E-state index in [0.717, 1.165) is 0 Å². The van der Waals surface area contributed by atoms with Crippen molar-refractivity contribution in [3.8, 4) is 11.5 Å². The molecule has 1 aromatic heterocycles. The van der Waals surface area contributed by atoms with E-state index in [2.05, 4.69) is 10.1 Å². The molecule has 0 radical (unpaired) electrons. The summed E-state index contributed by atoms with van der Waals surface area (Å²) in [4.78, 5) is 15.0. The second-order valence-electron chi connectivity index (χ2n) is 3.72. The summed E-state index contributed by atoms with van der Waals surface area (Å²) in [5.74, 6) is -0.299. The number of methoxy groups -OCH3 is 1. The molecule has 2 rings (SSSR count). The molecule has 0 aliphatic carbocycles. The van der Waals surface area contributed by atoms with Crippen molar-refractivity contribution >= 4 is 5.97 Å². The van der Waals surface area contributed by atoms with Crippen LogP contribution < -0.4 is 0 Å². The van der Waals surface area contributed by atoms with Gasteiger partial charge < -0.3 is 14.4 Å². The van der Waals surface area contributed by atoms with Crippen LogP contribution in [0.15, 0.2) is 28.8 Å². The lowest BCUT2D eigenvalue weighted by Gasteiger charge is -2.01. The number of carbonyl (C=O) groups is 1. The predicted molar refractivity (Wildman–Crippen MR) is 62.1 cm³/mol. The molecule has 0 fully saturated rings. The van der Waals surface area contributed by atoms with Gasteiger partial charge in [-0.15, -0.1) is 0 Å². The normalized spacial score (nSPS) is 12.3. The number of hydrogen-bond donors (Lipinski definition) is 1. The third-order valence-corrected chi connectivity index (χ3v) is 2.52. The first kappa shape index (κ1) is 12.3. The number of nitrogens with zero attached hydrogens (tertiary/aromatic N) is 2. The van der Waals surface area contributed by atoms with Crippen LogP contribution in [0, 0.1) is 0 Å². The summed E-state index contributed by atoms with van der Waals surface area (Å²) < 4.78 is 10.1. The third kappa shape index (κ3) is 2.38. The Morgan fingerprint density at radius 1 is 1.50 bits per heavy atom. The molecule has 94 valence electrons. The number of hydrogen-bond acceptors (Lipinski definition) is 5. The molecule has 0 saturated carbocycles. The molecular formula is C12H12N2O4. The Morgan fingerprint density at radius 3 is 2.94 bits per heavy atom. The fourth-order valence-corrected chi connectivity index (χ4v) is 1.41. The minimum Gasteiger partial charge on any atom is -0.478 e. The van der Waals surface area contributed by atoms with E-state index in [1.165, 1.54) is 12.1 Å². The first-order valence-electron chi connectivity index (χ1n) is 5.32. The second kappa shape index (κ2) is 4.97. The summed E-state index contributed by atoms with van der Waals surface area (Å²) in [6.45, 7) is 1.79. The van der Waals surface area contributed by atoms with Gasteiger partial charge in [0.2, 0.25) is 5.82 Å². The largest absolute Gasteiger partial charge is 0.478 e. The van der Waals surface area contributed by atoms with Crippen molar-refractivity contribution in [2.75, 3.05) is 7.11 Å². The van der Waals surface area contributed by atoms with Crippen LogP contribution >= 0.6 is 0 Å². The van der Waals surface area contributed by atoms with Gasteiger partial charge in [-0.2, -0.15) is 4.98 Å². The summed E-state index contributed by atoms with van der Waals surface area (Å²) in [6.07, 6.45) is -0.273. The molecule has 18 heavy (non-hydrogen) atoms. The van der Waals surface area contributed by atoms with Crippen LogP contribution in [0.4, 0.5) is 0 Å². The standard InChI is InChI=1S/C12H12N2O4/c1-7(17-2)10-13-11(18-14-10)8-4-3-5-9(6-8)12(15)16/h3-7H,1-2H3,(H,15,16). The average molecular weight is 248 g/mol. The Kier molecular flexibility index (Phi) is 3.38. The van der Waals surface area contributed by atoms with E-state index in [1.54, 1.807) is 26.2 Å². The van der Waals surface area contributed by atoms with E-state index in [9.17, 15) is 4.79 Å². The van der Waals surface area contributed by atoms with Crippen LogP contribution in [0.1, 0.15) is 29.2 Å². The average Bonchev–Trinajstić information content (AvgIpc) is 2.87. The van der Waals surface area contributed by atoms with Crippen LogP contribution in [-0.4, -0.2) is 28.3 Å². The van der Waals surface area contributed by atoms with Crippen LogP contribution in [-0.2, 0) is 4.74 Å². The molecule has 2 aromatic rings. The van der Waals surface area contributed by atoms with E-state index >= 15 is 0 Å².